The van der Waals surface area contributed by atoms with Crippen LogP contribution in [-0.2, 0) is 4.74 Å². The summed E-state index contributed by atoms with van der Waals surface area (Å²) in [6.45, 7) is 5.28. The first-order valence-electron chi connectivity index (χ1n) is 6.97. The summed E-state index contributed by atoms with van der Waals surface area (Å²) in [6, 6.07) is 9.16. The van der Waals surface area contributed by atoms with E-state index in [0.717, 1.165) is 0 Å². The summed E-state index contributed by atoms with van der Waals surface area (Å²) in [7, 11) is 1.54. The molecule has 7 heteroatoms. The van der Waals surface area contributed by atoms with Gasteiger partial charge in [-0.3, -0.25) is 5.32 Å². The zero-order valence-corrected chi connectivity index (χ0v) is 13.5. The van der Waals surface area contributed by atoms with Gasteiger partial charge in [0.15, 0.2) is 5.82 Å². The lowest BCUT2D eigenvalue weighted by molar-refractivity contribution is 0.0635. The lowest BCUT2D eigenvalue weighted by Crippen LogP contribution is -2.28. The SMILES string of the molecule is COc1ccccc1-n1ncc(C#N)c1NC(=O)OC(C)(C)C. The Morgan fingerprint density at radius 3 is 2.65 bits per heavy atom. The predicted octanol–water partition coefficient (Wildman–Crippen LogP) is 3.10. The summed E-state index contributed by atoms with van der Waals surface area (Å²) >= 11 is 0. The molecule has 0 bridgehead atoms. The average Bonchev–Trinajstić information content (AvgIpc) is 2.87. The summed E-state index contributed by atoms with van der Waals surface area (Å²) in [6.07, 6.45) is 0.713. The number of rotatable bonds is 3. The zero-order valence-electron chi connectivity index (χ0n) is 13.5. The van der Waals surface area contributed by atoms with Crippen molar-refractivity contribution >= 4 is 11.9 Å². The Balaban J connectivity index is 2.42. The highest BCUT2D eigenvalue weighted by Gasteiger charge is 2.21. The van der Waals surface area contributed by atoms with E-state index in [4.69, 9.17) is 9.47 Å². The summed E-state index contributed by atoms with van der Waals surface area (Å²) < 4.78 is 12.0. The van der Waals surface area contributed by atoms with Crippen LogP contribution in [0.3, 0.4) is 0 Å². The zero-order chi connectivity index (χ0) is 17.0. The van der Waals surface area contributed by atoms with Gasteiger partial charge in [0.1, 0.15) is 28.7 Å². The number of aromatic nitrogens is 2. The first kappa shape index (κ1) is 16.4. The van der Waals surface area contributed by atoms with Crippen LogP contribution in [0.5, 0.6) is 5.75 Å². The monoisotopic (exact) mass is 314 g/mol. The number of ether oxygens (including phenoxy) is 2. The highest BCUT2D eigenvalue weighted by Crippen LogP contribution is 2.27. The van der Waals surface area contributed by atoms with Gasteiger partial charge >= 0.3 is 6.09 Å². The third-order valence-corrected chi connectivity index (χ3v) is 2.82. The molecule has 0 aliphatic heterocycles. The minimum absolute atomic E-state index is 0.224. The van der Waals surface area contributed by atoms with Gasteiger partial charge in [-0.2, -0.15) is 10.4 Å². The van der Waals surface area contributed by atoms with E-state index in [1.54, 1.807) is 32.9 Å². The first-order valence-corrected chi connectivity index (χ1v) is 6.97. The molecule has 0 spiro atoms. The molecule has 0 atom stereocenters. The van der Waals surface area contributed by atoms with Crippen LogP contribution in [0.1, 0.15) is 26.3 Å². The molecule has 1 heterocycles. The number of nitrogens with one attached hydrogen (secondary N) is 1. The molecule has 1 amide bonds. The fourth-order valence-corrected chi connectivity index (χ4v) is 1.94. The molecule has 1 aromatic carbocycles. The number of carbonyl (C=O) groups is 1. The summed E-state index contributed by atoms with van der Waals surface area (Å²) in [5.74, 6) is 0.790. The van der Waals surface area contributed by atoms with Gasteiger partial charge < -0.3 is 9.47 Å². The molecule has 2 aromatic rings. The summed E-state index contributed by atoms with van der Waals surface area (Å²) in [5, 5.41) is 16.0. The highest BCUT2D eigenvalue weighted by atomic mass is 16.6. The van der Waals surface area contributed by atoms with E-state index < -0.39 is 11.7 Å². The molecule has 1 aromatic heterocycles. The van der Waals surface area contributed by atoms with Gasteiger partial charge in [-0.05, 0) is 32.9 Å². The molecule has 0 saturated carbocycles. The maximum absolute atomic E-state index is 12.0. The number of carbonyl (C=O) groups excluding carboxylic acids is 1. The normalized spacial score (nSPS) is 10.7. The molecule has 23 heavy (non-hydrogen) atoms. The molecule has 0 aliphatic rings. The van der Waals surface area contributed by atoms with Crippen LogP contribution in [0, 0.1) is 11.3 Å². The molecule has 1 N–H and O–H groups in total. The highest BCUT2D eigenvalue weighted by molar-refractivity contribution is 5.86. The number of hydrogen-bond donors (Lipinski definition) is 1. The van der Waals surface area contributed by atoms with E-state index in [1.807, 2.05) is 18.2 Å². The second-order valence-electron chi connectivity index (χ2n) is 5.73. The van der Waals surface area contributed by atoms with Crippen LogP contribution in [0.2, 0.25) is 0 Å². The van der Waals surface area contributed by atoms with Crippen molar-refractivity contribution in [2.75, 3.05) is 12.4 Å². The minimum atomic E-state index is -0.661. The first-order chi connectivity index (χ1) is 10.9. The molecule has 0 fully saturated rings. The second-order valence-corrected chi connectivity index (χ2v) is 5.73. The Morgan fingerprint density at radius 2 is 2.04 bits per heavy atom. The van der Waals surface area contributed by atoms with E-state index in [1.165, 1.54) is 18.0 Å². The largest absolute Gasteiger partial charge is 0.494 e. The van der Waals surface area contributed by atoms with E-state index >= 15 is 0 Å². The average molecular weight is 314 g/mol. The van der Waals surface area contributed by atoms with Crippen LogP contribution in [0.15, 0.2) is 30.5 Å². The Bertz CT molecular complexity index is 753. The molecule has 0 saturated heterocycles. The van der Waals surface area contributed by atoms with Crippen LogP contribution < -0.4 is 10.1 Å². The Hall–Kier alpha value is -3.01. The maximum Gasteiger partial charge on any atom is 0.413 e. The maximum atomic E-state index is 12.0. The fraction of sp³-hybridized carbons (Fsp3) is 0.312. The Kier molecular flexibility index (Phi) is 4.55. The van der Waals surface area contributed by atoms with Crippen molar-refractivity contribution in [2.24, 2.45) is 0 Å². The van der Waals surface area contributed by atoms with Crippen molar-refractivity contribution in [2.45, 2.75) is 26.4 Å². The molecule has 120 valence electrons. The number of para-hydroxylation sites is 2. The molecule has 7 nitrogen and oxygen atoms in total. The third-order valence-electron chi connectivity index (χ3n) is 2.82. The standard InChI is InChI=1S/C16H18N4O3/c1-16(2,3)23-15(21)19-14-11(9-17)10-18-20(14)12-7-5-6-8-13(12)22-4/h5-8,10H,1-4H3,(H,19,21). The second kappa shape index (κ2) is 6.40. The Morgan fingerprint density at radius 1 is 1.35 bits per heavy atom. The number of amides is 1. The van der Waals surface area contributed by atoms with Gasteiger partial charge in [-0.15, -0.1) is 0 Å². The van der Waals surface area contributed by atoms with E-state index in [-0.39, 0.29) is 11.4 Å². The molecule has 0 unspecified atom stereocenters. The van der Waals surface area contributed by atoms with Crippen LogP contribution in [0.4, 0.5) is 10.6 Å². The van der Waals surface area contributed by atoms with Gasteiger partial charge in [0.05, 0.1) is 13.3 Å². The van der Waals surface area contributed by atoms with Crippen molar-refractivity contribution in [1.29, 1.82) is 5.26 Å². The number of benzene rings is 1. The molecule has 0 aliphatic carbocycles. The van der Waals surface area contributed by atoms with Gasteiger partial charge in [0.25, 0.3) is 0 Å². The summed E-state index contributed by atoms with van der Waals surface area (Å²) in [4.78, 5) is 12.0. The van der Waals surface area contributed by atoms with Gasteiger partial charge in [0, 0.05) is 0 Å². The molecular formula is C16H18N4O3. The van der Waals surface area contributed by atoms with Crippen LogP contribution in [0.25, 0.3) is 5.69 Å². The van der Waals surface area contributed by atoms with E-state index in [0.29, 0.717) is 11.4 Å². The smallest absolute Gasteiger partial charge is 0.413 e. The van der Waals surface area contributed by atoms with Crippen molar-refractivity contribution in [3.8, 4) is 17.5 Å². The van der Waals surface area contributed by atoms with Crippen LogP contribution >= 0.6 is 0 Å². The van der Waals surface area contributed by atoms with E-state index in [9.17, 15) is 10.1 Å². The number of nitriles is 1. The van der Waals surface area contributed by atoms with Crippen molar-refractivity contribution in [3.63, 3.8) is 0 Å². The van der Waals surface area contributed by atoms with E-state index in [2.05, 4.69) is 10.4 Å². The lowest BCUT2D eigenvalue weighted by Gasteiger charge is -2.20. The van der Waals surface area contributed by atoms with Gasteiger partial charge in [-0.25, -0.2) is 9.48 Å². The van der Waals surface area contributed by atoms with Gasteiger partial charge in [-0.1, -0.05) is 12.1 Å². The summed E-state index contributed by atoms with van der Waals surface area (Å²) in [5.41, 5.74) is 0.177. The number of hydrogen-bond acceptors (Lipinski definition) is 5. The quantitative estimate of drug-likeness (QED) is 0.940. The topological polar surface area (TPSA) is 89.2 Å². The lowest BCUT2D eigenvalue weighted by atomic mass is 10.2. The van der Waals surface area contributed by atoms with Crippen LogP contribution in [-0.4, -0.2) is 28.6 Å². The molecular weight excluding hydrogens is 296 g/mol. The van der Waals surface area contributed by atoms with Crippen molar-refractivity contribution < 1.29 is 14.3 Å². The number of nitrogens with zero attached hydrogens (tertiary/aromatic N) is 3. The predicted molar refractivity (Wildman–Crippen MR) is 84.7 cm³/mol. The Labute approximate surface area is 134 Å². The van der Waals surface area contributed by atoms with Crippen molar-refractivity contribution in [3.05, 3.63) is 36.0 Å². The van der Waals surface area contributed by atoms with Crippen molar-refractivity contribution in [1.82, 2.24) is 9.78 Å². The minimum Gasteiger partial charge on any atom is -0.494 e. The number of anilines is 1. The number of methoxy groups -OCH3 is 1. The third kappa shape index (κ3) is 3.80. The fourth-order valence-electron chi connectivity index (χ4n) is 1.94. The van der Waals surface area contributed by atoms with Gasteiger partial charge in [0.2, 0.25) is 0 Å². The molecule has 2 rings (SSSR count). The molecule has 0 radical (unpaired) electrons.